The van der Waals surface area contributed by atoms with Crippen LogP contribution in [0.3, 0.4) is 0 Å². The Morgan fingerprint density at radius 1 is 1.18 bits per heavy atom. The monoisotopic (exact) mass is 158 g/mol. The Morgan fingerprint density at radius 3 is 1.91 bits per heavy atom. The molecule has 0 aliphatic heterocycles. The van der Waals surface area contributed by atoms with Crippen molar-refractivity contribution in [3.8, 4) is 0 Å². The second-order valence-corrected chi connectivity index (χ2v) is 3.39. The lowest BCUT2D eigenvalue weighted by atomic mass is 10.1. The molecule has 0 rings (SSSR count). The van der Waals surface area contributed by atoms with Crippen molar-refractivity contribution in [3.63, 3.8) is 0 Å². The van der Waals surface area contributed by atoms with Crippen LogP contribution in [-0.2, 0) is 0 Å². The first-order valence-corrected chi connectivity index (χ1v) is 4.59. The third-order valence-corrected chi connectivity index (χ3v) is 2.22. The van der Waals surface area contributed by atoms with Crippen LogP contribution in [0.15, 0.2) is 0 Å². The molecule has 2 N–H and O–H groups in total. The van der Waals surface area contributed by atoms with Crippen molar-refractivity contribution in [1.82, 2.24) is 4.90 Å². The summed E-state index contributed by atoms with van der Waals surface area (Å²) in [5, 5.41) is 0. The standard InChI is InChI=1S/C9H22N2/c1-5-11(6-2)7-9(10)8(3)4/h8-9H,5-7,10H2,1-4H3/t9-/m0/s1. The van der Waals surface area contributed by atoms with E-state index in [9.17, 15) is 0 Å². The lowest BCUT2D eigenvalue weighted by Crippen LogP contribution is -2.40. The number of nitrogens with zero attached hydrogens (tertiary/aromatic N) is 1. The summed E-state index contributed by atoms with van der Waals surface area (Å²) in [6.07, 6.45) is 0. The molecule has 0 bridgehead atoms. The summed E-state index contributed by atoms with van der Waals surface area (Å²) < 4.78 is 0. The highest BCUT2D eigenvalue weighted by Gasteiger charge is 2.10. The van der Waals surface area contributed by atoms with E-state index in [4.69, 9.17) is 5.73 Å². The highest BCUT2D eigenvalue weighted by molar-refractivity contribution is 4.69. The van der Waals surface area contributed by atoms with E-state index in [1.165, 1.54) is 0 Å². The normalized spacial score (nSPS) is 14.5. The molecule has 0 fully saturated rings. The lowest BCUT2D eigenvalue weighted by molar-refractivity contribution is 0.260. The summed E-state index contributed by atoms with van der Waals surface area (Å²) in [5.74, 6) is 0.593. The molecule has 0 aliphatic carbocycles. The third-order valence-electron chi connectivity index (χ3n) is 2.22. The zero-order valence-electron chi connectivity index (χ0n) is 8.30. The summed E-state index contributed by atoms with van der Waals surface area (Å²) in [7, 11) is 0. The summed E-state index contributed by atoms with van der Waals surface area (Å²) in [6, 6.07) is 0.329. The molecule has 0 unspecified atom stereocenters. The van der Waals surface area contributed by atoms with Crippen LogP contribution in [0.1, 0.15) is 27.7 Å². The zero-order valence-corrected chi connectivity index (χ0v) is 8.30. The summed E-state index contributed by atoms with van der Waals surface area (Å²) in [5.41, 5.74) is 5.93. The van der Waals surface area contributed by atoms with Gasteiger partial charge in [0, 0.05) is 12.6 Å². The van der Waals surface area contributed by atoms with Gasteiger partial charge >= 0.3 is 0 Å². The van der Waals surface area contributed by atoms with Gasteiger partial charge < -0.3 is 10.6 Å². The van der Waals surface area contributed by atoms with Crippen molar-refractivity contribution in [2.45, 2.75) is 33.7 Å². The van der Waals surface area contributed by atoms with E-state index >= 15 is 0 Å². The van der Waals surface area contributed by atoms with Gasteiger partial charge in [-0.3, -0.25) is 0 Å². The second kappa shape index (κ2) is 5.56. The Labute approximate surface area is 70.8 Å². The Kier molecular flexibility index (Phi) is 5.51. The summed E-state index contributed by atoms with van der Waals surface area (Å²) in [6.45, 7) is 12.0. The first kappa shape index (κ1) is 10.9. The predicted octanol–water partition coefficient (Wildman–Crippen LogP) is 1.31. The quantitative estimate of drug-likeness (QED) is 0.653. The van der Waals surface area contributed by atoms with E-state index in [1.54, 1.807) is 0 Å². The van der Waals surface area contributed by atoms with Gasteiger partial charge in [0.2, 0.25) is 0 Å². The average molecular weight is 158 g/mol. The van der Waals surface area contributed by atoms with Crippen LogP contribution in [0.2, 0.25) is 0 Å². The van der Waals surface area contributed by atoms with Gasteiger partial charge in [-0.05, 0) is 19.0 Å². The number of rotatable bonds is 5. The Hall–Kier alpha value is -0.0800. The Bertz CT molecular complexity index is 87.6. The smallest absolute Gasteiger partial charge is 0.0191 e. The first-order valence-electron chi connectivity index (χ1n) is 4.59. The minimum Gasteiger partial charge on any atom is -0.326 e. The molecule has 0 spiro atoms. The number of hydrogen-bond acceptors (Lipinski definition) is 2. The Morgan fingerprint density at radius 2 is 1.64 bits per heavy atom. The minimum atomic E-state index is 0.329. The molecule has 0 radical (unpaired) electrons. The first-order chi connectivity index (χ1) is 5.11. The highest BCUT2D eigenvalue weighted by Crippen LogP contribution is 2.00. The predicted molar refractivity (Wildman–Crippen MR) is 50.6 cm³/mol. The molecular weight excluding hydrogens is 136 g/mol. The highest BCUT2D eigenvalue weighted by atomic mass is 15.1. The van der Waals surface area contributed by atoms with Crippen molar-refractivity contribution < 1.29 is 0 Å². The molecule has 0 aromatic carbocycles. The molecule has 0 saturated heterocycles. The fourth-order valence-electron chi connectivity index (χ4n) is 0.991. The molecule has 68 valence electrons. The summed E-state index contributed by atoms with van der Waals surface area (Å²) in [4.78, 5) is 2.37. The Balaban J connectivity index is 3.62. The van der Waals surface area contributed by atoms with E-state index in [1.807, 2.05) is 0 Å². The number of hydrogen-bond donors (Lipinski definition) is 1. The second-order valence-electron chi connectivity index (χ2n) is 3.39. The van der Waals surface area contributed by atoms with Crippen molar-refractivity contribution >= 4 is 0 Å². The van der Waals surface area contributed by atoms with Gasteiger partial charge in [-0.15, -0.1) is 0 Å². The van der Waals surface area contributed by atoms with Crippen LogP contribution in [0.5, 0.6) is 0 Å². The van der Waals surface area contributed by atoms with Crippen LogP contribution in [0, 0.1) is 5.92 Å². The maximum absolute atomic E-state index is 5.93. The number of nitrogens with two attached hydrogens (primary N) is 1. The molecule has 1 atom stereocenters. The van der Waals surface area contributed by atoms with Crippen LogP contribution in [0.25, 0.3) is 0 Å². The molecule has 0 amide bonds. The summed E-state index contributed by atoms with van der Waals surface area (Å²) >= 11 is 0. The fraction of sp³-hybridized carbons (Fsp3) is 1.00. The SMILES string of the molecule is CCN(CC)C[C@H](N)C(C)C. The average Bonchev–Trinajstić information content (AvgIpc) is 1.99. The molecule has 11 heavy (non-hydrogen) atoms. The van der Waals surface area contributed by atoms with Crippen LogP contribution < -0.4 is 5.73 Å². The molecule has 2 heteroatoms. The number of likely N-dealkylation sites (N-methyl/N-ethyl adjacent to an activating group) is 1. The topological polar surface area (TPSA) is 29.3 Å². The van der Waals surface area contributed by atoms with E-state index < -0.39 is 0 Å². The van der Waals surface area contributed by atoms with Crippen LogP contribution >= 0.6 is 0 Å². The molecule has 0 aliphatic rings. The lowest BCUT2D eigenvalue weighted by Gasteiger charge is -2.24. The van der Waals surface area contributed by atoms with Gasteiger partial charge in [-0.2, -0.15) is 0 Å². The zero-order chi connectivity index (χ0) is 8.85. The van der Waals surface area contributed by atoms with Gasteiger partial charge in [0.05, 0.1) is 0 Å². The van der Waals surface area contributed by atoms with Gasteiger partial charge in [-0.25, -0.2) is 0 Å². The molecule has 0 aromatic heterocycles. The van der Waals surface area contributed by atoms with Crippen LogP contribution in [0.4, 0.5) is 0 Å². The van der Waals surface area contributed by atoms with Crippen molar-refractivity contribution in [3.05, 3.63) is 0 Å². The maximum Gasteiger partial charge on any atom is 0.0191 e. The van der Waals surface area contributed by atoms with E-state index in [0.717, 1.165) is 19.6 Å². The van der Waals surface area contributed by atoms with Crippen molar-refractivity contribution in [1.29, 1.82) is 0 Å². The molecule has 2 nitrogen and oxygen atoms in total. The van der Waals surface area contributed by atoms with E-state index in [0.29, 0.717) is 12.0 Å². The van der Waals surface area contributed by atoms with E-state index in [2.05, 4.69) is 32.6 Å². The fourth-order valence-corrected chi connectivity index (χ4v) is 0.991. The van der Waals surface area contributed by atoms with Crippen LogP contribution in [-0.4, -0.2) is 30.6 Å². The molecule has 0 saturated carbocycles. The molecule has 0 aromatic rings. The third kappa shape index (κ3) is 4.38. The van der Waals surface area contributed by atoms with Gasteiger partial charge in [0.25, 0.3) is 0 Å². The molecule has 0 heterocycles. The van der Waals surface area contributed by atoms with Crippen molar-refractivity contribution in [2.75, 3.05) is 19.6 Å². The van der Waals surface area contributed by atoms with Gasteiger partial charge in [0.15, 0.2) is 0 Å². The van der Waals surface area contributed by atoms with Gasteiger partial charge in [-0.1, -0.05) is 27.7 Å². The molecular formula is C9H22N2. The largest absolute Gasteiger partial charge is 0.326 e. The maximum atomic E-state index is 5.93. The minimum absolute atomic E-state index is 0.329. The van der Waals surface area contributed by atoms with Crippen molar-refractivity contribution in [2.24, 2.45) is 11.7 Å². The van der Waals surface area contributed by atoms with Gasteiger partial charge in [0.1, 0.15) is 0 Å². The van der Waals surface area contributed by atoms with E-state index in [-0.39, 0.29) is 0 Å².